The summed E-state index contributed by atoms with van der Waals surface area (Å²) >= 11 is 1.52. The first-order chi connectivity index (χ1) is 16.3. The summed E-state index contributed by atoms with van der Waals surface area (Å²) in [6.07, 6.45) is 4.06. The molecule has 2 aromatic rings. The Balaban J connectivity index is 1.24. The third-order valence-electron chi connectivity index (χ3n) is 6.69. The van der Waals surface area contributed by atoms with E-state index in [0.29, 0.717) is 11.0 Å². The molecule has 1 aliphatic carbocycles. The van der Waals surface area contributed by atoms with Gasteiger partial charge in [0.25, 0.3) is 0 Å². The topological polar surface area (TPSA) is 106 Å². The lowest BCUT2D eigenvalue weighted by Crippen LogP contribution is -2.30. The monoisotopic (exact) mass is 505 g/mol. The molecule has 8 nitrogen and oxygen atoms in total. The van der Waals surface area contributed by atoms with Gasteiger partial charge in [-0.1, -0.05) is 19.1 Å². The number of esters is 1. The second kappa shape index (κ2) is 10.5. The van der Waals surface area contributed by atoms with Crippen molar-refractivity contribution in [1.29, 1.82) is 0 Å². The zero-order chi connectivity index (χ0) is 24.3. The number of carbonyl (C=O) groups excluding carboxylic acids is 2. The molecule has 1 N–H and O–H groups in total. The van der Waals surface area contributed by atoms with E-state index in [-0.39, 0.29) is 34.9 Å². The average molecular weight is 506 g/mol. The largest absolute Gasteiger partial charge is 0.469 e. The maximum absolute atomic E-state index is 12.5. The normalized spacial score (nSPS) is 20.6. The van der Waals surface area contributed by atoms with Gasteiger partial charge in [0.2, 0.25) is 5.91 Å². The van der Waals surface area contributed by atoms with Crippen LogP contribution in [0.25, 0.3) is 0 Å². The molecule has 184 valence electrons. The number of hydrogen-bond acceptors (Lipinski definition) is 8. The SMILES string of the molecule is CCS(=O)(=O)c1ccc(CC(=O)Nc2nc3c(s2)CN(C[C@H]2CC[C@@H](C(=O)OC)CC2)C3)cc1. The Bertz CT molecular complexity index is 1110. The maximum atomic E-state index is 12.5. The van der Waals surface area contributed by atoms with Gasteiger partial charge in [-0.2, -0.15) is 0 Å². The van der Waals surface area contributed by atoms with Crippen molar-refractivity contribution < 1.29 is 22.7 Å². The molecule has 10 heteroatoms. The van der Waals surface area contributed by atoms with Gasteiger partial charge in [0.15, 0.2) is 15.0 Å². The predicted molar refractivity (Wildman–Crippen MR) is 130 cm³/mol. The van der Waals surface area contributed by atoms with Gasteiger partial charge < -0.3 is 10.1 Å². The Morgan fingerprint density at radius 3 is 2.47 bits per heavy atom. The minimum atomic E-state index is -3.24. The maximum Gasteiger partial charge on any atom is 0.308 e. The van der Waals surface area contributed by atoms with Crippen LogP contribution in [-0.4, -0.2) is 49.6 Å². The van der Waals surface area contributed by atoms with E-state index in [1.54, 1.807) is 31.2 Å². The lowest BCUT2D eigenvalue weighted by atomic mass is 9.82. The number of anilines is 1. The van der Waals surface area contributed by atoms with Crippen LogP contribution in [-0.2, 0) is 43.7 Å². The second-order valence-electron chi connectivity index (χ2n) is 9.07. The molecule has 0 radical (unpaired) electrons. The highest BCUT2D eigenvalue weighted by atomic mass is 32.2. The van der Waals surface area contributed by atoms with E-state index in [2.05, 4.69) is 15.2 Å². The summed E-state index contributed by atoms with van der Waals surface area (Å²) in [4.78, 5) is 32.7. The van der Waals surface area contributed by atoms with Crippen LogP contribution in [0.2, 0.25) is 0 Å². The van der Waals surface area contributed by atoms with E-state index >= 15 is 0 Å². The van der Waals surface area contributed by atoms with Crippen molar-refractivity contribution in [2.24, 2.45) is 11.8 Å². The van der Waals surface area contributed by atoms with E-state index in [4.69, 9.17) is 4.74 Å². The molecule has 0 atom stereocenters. The van der Waals surface area contributed by atoms with Crippen molar-refractivity contribution in [2.45, 2.75) is 57.0 Å². The molecule has 2 aliphatic rings. The van der Waals surface area contributed by atoms with Crippen LogP contribution < -0.4 is 5.32 Å². The number of benzene rings is 1. The van der Waals surface area contributed by atoms with Crippen molar-refractivity contribution >= 4 is 38.2 Å². The number of amides is 1. The minimum Gasteiger partial charge on any atom is -0.469 e. The first-order valence-corrected chi connectivity index (χ1v) is 14.1. The highest BCUT2D eigenvalue weighted by molar-refractivity contribution is 7.91. The molecular weight excluding hydrogens is 474 g/mol. The number of ether oxygens (including phenoxy) is 1. The lowest BCUT2D eigenvalue weighted by Gasteiger charge is -2.29. The quantitative estimate of drug-likeness (QED) is 0.548. The number of sulfone groups is 1. The first-order valence-electron chi connectivity index (χ1n) is 11.7. The molecule has 2 heterocycles. The number of thiazole rings is 1. The molecule has 0 saturated heterocycles. The van der Waals surface area contributed by atoms with Crippen LogP contribution in [0.15, 0.2) is 29.2 Å². The number of aromatic nitrogens is 1. The van der Waals surface area contributed by atoms with Gasteiger partial charge in [0, 0.05) is 24.5 Å². The Morgan fingerprint density at radius 2 is 1.85 bits per heavy atom. The van der Waals surface area contributed by atoms with Crippen molar-refractivity contribution in [2.75, 3.05) is 24.7 Å². The van der Waals surface area contributed by atoms with Crippen molar-refractivity contribution in [3.8, 4) is 0 Å². The van der Waals surface area contributed by atoms with Crippen LogP contribution in [0.1, 0.15) is 48.7 Å². The molecule has 1 saturated carbocycles. The van der Waals surface area contributed by atoms with Gasteiger partial charge >= 0.3 is 5.97 Å². The summed E-state index contributed by atoms with van der Waals surface area (Å²) in [6.45, 7) is 4.24. The summed E-state index contributed by atoms with van der Waals surface area (Å²) in [5.74, 6) is 0.444. The number of rotatable bonds is 8. The zero-order valence-corrected chi connectivity index (χ0v) is 21.2. The Labute approximate surface area is 204 Å². The predicted octanol–water partition coefficient (Wildman–Crippen LogP) is 3.41. The van der Waals surface area contributed by atoms with Gasteiger partial charge in [-0.15, -0.1) is 11.3 Å². The van der Waals surface area contributed by atoms with Crippen LogP contribution in [0.3, 0.4) is 0 Å². The van der Waals surface area contributed by atoms with E-state index in [1.165, 1.54) is 23.3 Å². The van der Waals surface area contributed by atoms with Crippen molar-refractivity contribution in [3.63, 3.8) is 0 Å². The van der Waals surface area contributed by atoms with Crippen LogP contribution >= 0.6 is 11.3 Å². The molecular formula is C24H31N3O5S2. The molecule has 1 aromatic heterocycles. The fourth-order valence-electron chi connectivity index (χ4n) is 4.73. The molecule has 4 rings (SSSR count). The van der Waals surface area contributed by atoms with Crippen molar-refractivity contribution in [1.82, 2.24) is 9.88 Å². The third-order valence-corrected chi connectivity index (χ3v) is 9.44. The Hall–Kier alpha value is -2.30. The lowest BCUT2D eigenvalue weighted by molar-refractivity contribution is -0.146. The Kier molecular flexibility index (Phi) is 7.69. The van der Waals surface area contributed by atoms with Crippen molar-refractivity contribution in [3.05, 3.63) is 40.4 Å². The summed E-state index contributed by atoms with van der Waals surface area (Å²) in [5, 5.41) is 3.49. The number of carbonyl (C=O) groups is 2. The molecule has 0 bridgehead atoms. The smallest absolute Gasteiger partial charge is 0.308 e. The summed E-state index contributed by atoms with van der Waals surface area (Å²) in [7, 11) is -1.78. The zero-order valence-electron chi connectivity index (χ0n) is 19.6. The van der Waals surface area contributed by atoms with E-state index in [0.717, 1.165) is 56.6 Å². The highest BCUT2D eigenvalue weighted by Crippen LogP contribution is 2.35. The molecule has 34 heavy (non-hydrogen) atoms. The average Bonchev–Trinajstić information content (AvgIpc) is 3.37. The summed E-state index contributed by atoms with van der Waals surface area (Å²) in [5.41, 5.74) is 1.78. The number of fused-ring (bicyclic) bond motifs is 1. The minimum absolute atomic E-state index is 0.0511. The summed E-state index contributed by atoms with van der Waals surface area (Å²) in [6, 6.07) is 6.47. The molecule has 0 unspecified atom stereocenters. The van der Waals surface area contributed by atoms with E-state index in [9.17, 15) is 18.0 Å². The fraction of sp³-hybridized carbons (Fsp3) is 0.542. The van der Waals surface area contributed by atoms with E-state index < -0.39 is 9.84 Å². The number of nitrogens with one attached hydrogen (secondary N) is 1. The first kappa shape index (κ1) is 24.8. The van der Waals surface area contributed by atoms with Gasteiger partial charge in [-0.05, 0) is 49.3 Å². The van der Waals surface area contributed by atoms with Crippen LogP contribution in [0.4, 0.5) is 5.13 Å². The Morgan fingerprint density at radius 1 is 1.15 bits per heavy atom. The fourth-order valence-corrected chi connectivity index (χ4v) is 6.64. The standard InChI is InChI=1S/C24H31N3O5S2/c1-3-34(30,31)19-10-6-16(7-11-19)12-22(28)26-24-25-20-14-27(15-21(20)33-24)13-17-4-8-18(9-5-17)23(29)32-2/h6-7,10-11,17-18H,3-5,8-9,12-15H2,1-2H3,(H,25,26,28)/t17-,18+. The van der Waals surface area contributed by atoms with Crippen LogP contribution in [0.5, 0.6) is 0 Å². The molecule has 0 spiro atoms. The second-order valence-corrected chi connectivity index (χ2v) is 12.4. The van der Waals surface area contributed by atoms with Gasteiger partial charge in [-0.25, -0.2) is 13.4 Å². The highest BCUT2D eigenvalue weighted by Gasteiger charge is 2.30. The number of hydrogen-bond donors (Lipinski definition) is 1. The summed E-state index contributed by atoms with van der Waals surface area (Å²) < 4.78 is 28.7. The van der Waals surface area contributed by atoms with Gasteiger partial charge in [0.05, 0.1) is 35.8 Å². The molecule has 1 fully saturated rings. The third kappa shape index (κ3) is 5.84. The van der Waals surface area contributed by atoms with Crippen LogP contribution in [0, 0.1) is 11.8 Å². The molecule has 1 aliphatic heterocycles. The number of methoxy groups -OCH3 is 1. The number of nitrogens with zero attached hydrogens (tertiary/aromatic N) is 2. The van der Waals surface area contributed by atoms with Gasteiger partial charge in [-0.3, -0.25) is 14.5 Å². The molecule has 1 aromatic carbocycles. The van der Waals surface area contributed by atoms with E-state index in [1.807, 2.05) is 0 Å². The van der Waals surface area contributed by atoms with Gasteiger partial charge in [0.1, 0.15) is 0 Å². The molecule has 1 amide bonds.